The van der Waals surface area contributed by atoms with Crippen LogP contribution >= 0.6 is 0 Å². The number of benzene rings is 1. The summed E-state index contributed by atoms with van der Waals surface area (Å²) in [6.07, 6.45) is 4.81. The molecule has 0 radical (unpaired) electrons. The molecule has 2 aromatic heterocycles. The second-order valence-corrected chi connectivity index (χ2v) is 8.46. The van der Waals surface area contributed by atoms with E-state index in [1.165, 1.54) is 45.1 Å². The summed E-state index contributed by atoms with van der Waals surface area (Å²) >= 11 is 0. The molecule has 1 aliphatic rings. The molecule has 0 amide bonds. The maximum atomic E-state index is 12.4. The van der Waals surface area contributed by atoms with Crippen molar-refractivity contribution in [1.29, 1.82) is 5.26 Å². The van der Waals surface area contributed by atoms with Crippen LogP contribution in [-0.2, 0) is 12.7 Å². The second kappa shape index (κ2) is 15.0. The fourth-order valence-corrected chi connectivity index (χ4v) is 3.71. The van der Waals surface area contributed by atoms with Crippen LogP contribution in [0.5, 0.6) is 0 Å². The molecule has 0 bridgehead atoms. The van der Waals surface area contributed by atoms with Crippen LogP contribution in [-0.4, -0.2) is 40.2 Å². The lowest BCUT2D eigenvalue weighted by atomic mass is 9.92. The van der Waals surface area contributed by atoms with Crippen molar-refractivity contribution in [2.75, 3.05) is 13.6 Å². The zero-order chi connectivity index (χ0) is 29.7. The molecular formula is C31H33F3N6. The molecule has 9 heteroatoms. The third-order valence-electron chi connectivity index (χ3n) is 5.72. The van der Waals surface area contributed by atoms with Crippen molar-refractivity contribution in [2.24, 2.45) is 5.10 Å². The summed E-state index contributed by atoms with van der Waals surface area (Å²) in [4.78, 5) is 9.59. The zero-order valence-corrected chi connectivity index (χ0v) is 23.2. The van der Waals surface area contributed by atoms with Crippen molar-refractivity contribution in [3.8, 4) is 6.07 Å². The van der Waals surface area contributed by atoms with Crippen LogP contribution in [0.1, 0.15) is 47.5 Å². The number of nitriles is 1. The number of aryl methyl sites for hydroxylation is 1. The van der Waals surface area contributed by atoms with Gasteiger partial charge in [0.2, 0.25) is 0 Å². The number of halogens is 3. The molecule has 0 atom stereocenters. The molecule has 0 fully saturated rings. The van der Waals surface area contributed by atoms with Gasteiger partial charge in [-0.1, -0.05) is 56.3 Å². The van der Waals surface area contributed by atoms with E-state index in [0.29, 0.717) is 5.56 Å². The predicted octanol–water partition coefficient (Wildman–Crippen LogP) is 7.32. The SMILES string of the molecule is C=CN(Cc1ccc(C(F)(F)F)nc1C#N)N=C.CC.Cc1ccc(C2=C(c3ccncc3)CN(C)C=C2)cc1. The fourth-order valence-electron chi connectivity index (χ4n) is 3.71. The second-order valence-electron chi connectivity index (χ2n) is 8.46. The quantitative estimate of drug-likeness (QED) is 0.239. The first kappa shape index (κ1) is 31.5. The van der Waals surface area contributed by atoms with Crippen LogP contribution in [0, 0.1) is 18.3 Å². The van der Waals surface area contributed by atoms with Gasteiger partial charge < -0.3 is 4.90 Å². The average molecular weight is 547 g/mol. The van der Waals surface area contributed by atoms with Gasteiger partial charge >= 0.3 is 6.18 Å². The van der Waals surface area contributed by atoms with Gasteiger partial charge in [-0.25, -0.2) is 4.98 Å². The Kier molecular flexibility index (Phi) is 11.8. The number of alkyl halides is 3. The molecule has 6 nitrogen and oxygen atoms in total. The lowest BCUT2D eigenvalue weighted by Gasteiger charge is -2.24. The molecule has 0 aliphatic carbocycles. The van der Waals surface area contributed by atoms with Crippen molar-refractivity contribution in [1.82, 2.24) is 19.9 Å². The maximum Gasteiger partial charge on any atom is 0.433 e. The molecule has 0 saturated carbocycles. The van der Waals surface area contributed by atoms with Crippen LogP contribution in [0.15, 0.2) is 91.1 Å². The number of rotatable bonds is 6. The molecule has 0 saturated heterocycles. The van der Waals surface area contributed by atoms with Crippen LogP contribution in [0.2, 0.25) is 0 Å². The maximum absolute atomic E-state index is 12.4. The molecular weight excluding hydrogens is 513 g/mol. The Labute approximate surface area is 234 Å². The summed E-state index contributed by atoms with van der Waals surface area (Å²) < 4.78 is 37.2. The number of likely N-dealkylation sites (N-methyl/N-ethyl adjacent to an activating group) is 1. The van der Waals surface area contributed by atoms with E-state index in [2.05, 4.69) is 95.9 Å². The molecule has 0 N–H and O–H groups in total. The predicted molar refractivity (Wildman–Crippen MR) is 155 cm³/mol. The van der Waals surface area contributed by atoms with E-state index in [1.807, 2.05) is 26.2 Å². The standard InChI is InChI=1S/C18H18N2.C11H9F3N4.C2H6/c1-14-3-5-15(6-4-14)17-9-12-20(2)13-18(17)16-7-10-19-11-8-16;1-3-18(16-2)7-8-4-5-10(11(12,13)14)17-9(8)6-15;1-2/h3-12H,13H2,1-2H3;3-5H,1-2,7H2;1-2H3. The van der Waals surface area contributed by atoms with Crippen molar-refractivity contribution < 1.29 is 13.2 Å². The van der Waals surface area contributed by atoms with Gasteiger partial charge in [-0.05, 0) is 59.7 Å². The highest BCUT2D eigenvalue weighted by atomic mass is 19.4. The average Bonchev–Trinajstić information content (AvgIpc) is 2.97. The van der Waals surface area contributed by atoms with E-state index >= 15 is 0 Å². The topological polar surface area (TPSA) is 68.4 Å². The first-order valence-corrected chi connectivity index (χ1v) is 12.6. The fraction of sp³-hybridized carbons (Fsp3) is 0.226. The normalized spacial score (nSPS) is 12.3. The smallest absolute Gasteiger partial charge is 0.376 e. The van der Waals surface area contributed by atoms with Crippen LogP contribution in [0.4, 0.5) is 13.2 Å². The highest BCUT2D eigenvalue weighted by Gasteiger charge is 2.33. The van der Waals surface area contributed by atoms with Crippen molar-refractivity contribution in [3.63, 3.8) is 0 Å². The van der Waals surface area contributed by atoms with E-state index in [4.69, 9.17) is 5.26 Å². The first-order valence-electron chi connectivity index (χ1n) is 12.6. The van der Waals surface area contributed by atoms with Crippen molar-refractivity contribution >= 4 is 17.9 Å². The number of hydrazone groups is 1. The van der Waals surface area contributed by atoms with E-state index in [0.717, 1.165) is 12.6 Å². The Hall–Kier alpha value is -4.71. The molecule has 0 spiro atoms. The monoisotopic (exact) mass is 546 g/mol. The molecule has 1 aromatic carbocycles. The van der Waals surface area contributed by atoms with Crippen LogP contribution < -0.4 is 0 Å². The summed E-state index contributed by atoms with van der Waals surface area (Å²) in [6.45, 7) is 13.8. The minimum atomic E-state index is -4.57. The number of allylic oxidation sites excluding steroid dienone is 2. The first-order chi connectivity index (χ1) is 19.2. The number of hydrogen-bond acceptors (Lipinski definition) is 6. The Morgan fingerprint density at radius 1 is 1.07 bits per heavy atom. The summed E-state index contributed by atoms with van der Waals surface area (Å²) in [5.41, 5.74) is 5.38. The highest BCUT2D eigenvalue weighted by molar-refractivity contribution is 5.97. The molecule has 3 heterocycles. The van der Waals surface area contributed by atoms with Gasteiger partial charge in [0.05, 0.1) is 6.54 Å². The molecule has 3 aromatic rings. The van der Waals surface area contributed by atoms with Gasteiger partial charge in [-0.15, -0.1) is 0 Å². The third kappa shape index (κ3) is 8.67. The Morgan fingerprint density at radius 2 is 1.73 bits per heavy atom. The van der Waals surface area contributed by atoms with Gasteiger partial charge in [-0.3, -0.25) is 9.99 Å². The summed E-state index contributed by atoms with van der Waals surface area (Å²) in [5, 5.41) is 13.6. The Balaban J connectivity index is 0.000000266. The van der Waals surface area contributed by atoms with E-state index in [-0.39, 0.29) is 12.2 Å². The van der Waals surface area contributed by atoms with Crippen LogP contribution in [0.25, 0.3) is 11.1 Å². The molecule has 208 valence electrons. The molecule has 40 heavy (non-hydrogen) atoms. The summed E-state index contributed by atoms with van der Waals surface area (Å²) in [7, 11) is 2.10. The van der Waals surface area contributed by atoms with Crippen LogP contribution in [0.3, 0.4) is 0 Å². The van der Waals surface area contributed by atoms with Gasteiger partial charge in [0.25, 0.3) is 0 Å². The van der Waals surface area contributed by atoms with Gasteiger partial charge in [0.15, 0.2) is 0 Å². The summed E-state index contributed by atoms with van der Waals surface area (Å²) in [5.74, 6) is 0. The van der Waals surface area contributed by atoms with Gasteiger partial charge in [0.1, 0.15) is 17.5 Å². The largest absolute Gasteiger partial charge is 0.433 e. The van der Waals surface area contributed by atoms with Crippen molar-refractivity contribution in [2.45, 2.75) is 33.5 Å². The highest BCUT2D eigenvalue weighted by Crippen LogP contribution is 2.31. The summed E-state index contributed by atoms with van der Waals surface area (Å²) in [6, 6.07) is 16.5. The number of aromatic nitrogens is 2. The van der Waals surface area contributed by atoms with E-state index < -0.39 is 11.9 Å². The lowest BCUT2D eigenvalue weighted by Crippen LogP contribution is -2.18. The third-order valence-corrected chi connectivity index (χ3v) is 5.72. The Morgan fingerprint density at radius 3 is 2.27 bits per heavy atom. The minimum Gasteiger partial charge on any atom is -0.376 e. The molecule has 4 rings (SSSR count). The zero-order valence-electron chi connectivity index (χ0n) is 23.2. The van der Waals surface area contributed by atoms with E-state index in [9.17, 15) is 13.2 Å². The lowest BCUT2D eigenvalue weighted by molar-refractivity contribution is -0.141. The van der Waals surface area contributed by atoms with Crippen molar-refractivity contribution in [3.05, 3.63) is 120 Å². The number of nitrogens with zero attached hydrogens (tertiary/aromatic N) is 6. The minimum absolute atomic E-state index is 0.0844. The molecule has 0 unspecified atom stereocenters. The van der Waals surface area contributed by atoms with Gasteiger partial charge in [-0.2, -0.15) is 23.5 Å². The van der Waals surface area contributed by atoms with E-state index in [1.54, 1.807) is 6.07 Å². The van der Waals surface area contributed by atoms with Gasteiger partial charge in [0, 0.05) is 44.5 Å². The Bertz CT molecular complexity index is 1360. The number of hydrogen-bond donors (Lipinski definition) is 0. The molecule has 1 aliphatic heterocycles. The number of pyridine rings is 2.